The van der Waals surface area contributed by atoms with Crippen LogP contribution in [0.2, 0.25) is 0 Å². The van der Waals surface area contributed by atoms with E-state index in [-0.39, 0.29) is 6.61 Å². The van der Waals surface area contributed by atoms with Gasteiger partial charge in [0.2, 0.25) is 0 Å². The Hall–Kier alpha value is -1.26. The molecule has 0 saturated carbocycles. The summed E-state index contributed by atoms with van der Waals surface area (Å²) in [5.41, 5.74) is 2.10. The van der Waals surface area contributed by atoms with Crippen LogP contribution in [0.5, 0.6) is 0 Å². The topological polar surface area (TPSA) is 26.3 Å². The lowest BCUT2D eigenvalue weighted by Crippen LogP contribution is -2.25. The van der Waals surface area contributed by atoms with Gasteiger partial charge in [-0.15, -0.1) is 0 Å². The van der Waals surface area contributed by atoms with Gasteiger partial charge in [-0.1, -0.05) is 17.2 Å². The summed E-state index contributed by atoms with van der Waals surface area (Å²) in [7, 11) is 0. The second-order valence-corrected chi connectivity index (χ2v) is 3.97. The molecular formula is C12H17F3O2. The molecule has 0 radical (unpaired) electrons. The highest BCUT2D eigenvalue weighted by molar-refractivity contribution is 5.75. The van der Waals surface area contributed by atoms with E-state index in [1.165, 1.54) is 11.6 Å². The van der Waals surface area contributed by atoms with E-state index in [1.807, 2.05) is 19.9 Å². The van der Waals surface area contributed by atoms with Crippen LogP contribution in [0.15, 0.2) is 23.3 Å². The number of hydrogen-bond acceptors (Lipinski definition) is 2. The predicted molar refractivity (Wildman–Crippen MR) is 59.4 cm³/mol. The Morgan fingerprint density at radius 2 is 1.76 bits per heavy atom. The van der Waals surface area contributed by atoms with E-state index in [1.54, 1.807) is 6.92 Å². The Morgan fingerprint density at radius 3 is 2.24 bits per heavy atom. The summed E-state index contributed by atoms with van der Waals surface area (Å²) in [5, 5.41) is 0. The lowest BCUT2D eigenvalue weighted by molar-refractivity contribution is -0.198. The third-order valence-electron chi connectivity index (χ3n) is 1.97. The van der Waals surface area contributed by atoms with E-state index in [0.717, 1.165) is 18.4 Å². The van der Waals surface area contributed by atoms with Gasteiger partial charge in [-0.2, -0.15) is 13.2 Å². The fourth-order valence-corrected chi connectivity index (χ4v) is 1.03. The summed E-state index contributed by atoms with van der Waals surface area (Å²) < 4.78 is 39.3. The second-order valence-electron chi connectivity index (χ2n) is 3.97. The zero-order valence-electron chi connectivity index (χ0n) is 10.2. The minimum Gasteiger partial charge on any atom is -0.455 e. The average molecular weight is 250 g/mol. The number of alkyl halides is 3. The van der Waals surface area contributed by atoms with E-state index < -0.39 is 12.1 Å². The maximum absolute atomic E-state index is 11.8. The molecule has 0 atom stereocenters. The van der Waals surface area contributed by atoms with Crippen LogP contribution in [-0.4, -0.2) is 18.8 Å². The first-order valence-electron chi connectivity index (χ1n) is 5.26. The molecule has 0 aliphatic heterocycles. The van der Waals surface area contributed by atoms with Crippen LogP contribution in [0, 0.1) is 0 Å². The van der Waals surface area contributed by atoms with Gasteiger partial charge in [-0.25, -0.2) is 4.79 Å². The molecule has 0 aliphatic rings. The van der Waals surface area contributed by atoms with Crippen LogP contribution in [0.1, 0.15) is 33.6 Å². The number of esters is 1. The number of halogens is 3. The minimum absolute atomic E-state index is 0.334. The minimum atomic E-state index is -4.91. The largest absolute Gasteiger partial charge is 0.490 e. The Kier molecular flexibility index (Phi) is 6.61. The van der Waals surface area contributed by atoms with E-state index in [2.05, 4.69) is 4.74 Å². The first-order chi connectivity index (χ1) is 7.73. The molecule has 0 N–H and O–H groups in total. The van der Waals surface area contributed by atoms with Crippen molar-refractivity contribution in [3.05, 3.63) is 23.3 Å². The summed E-state index contributed by atoms with van der Waals surface area (Å²) in [4.78, 5) is 10.4. The molecule has 0 heterocycles. The maximum atomic E-state index is 11.8. The number of rotatable bonds is 5. The molecule has 0 amide bonds. The molecule has 0 unspecified atom stereocenters. The van der Waals surface area contributed by atoms with Gasteiger partial charge in [-0.05, 0) is 39.7 Å². The standard InChI is InChI=1S/C12H17F3O2/c1-9(2)5-4-6-10(3)7-8-17-11(16)12(13,14)15/h5,7H,4,6,8H2,1-3H3/b10-7+. The molecular weight excluding hydrogens is 233 g/mol. The summed E-state index contributed by atoms with van der Waals surface area (Å²) in [6, 6.07) is 0. The van der Waals surface area contributed by atoms with Crippen molar-refractivity contribution in [3.63, 3.8) is 0 Å². The van der Waals surface area contributed by atoms with Crippen LogP contribution in [0.4, 0.5) is 13.2 Å². The molecule has 0 aromatic heterocycles. The number of hydrogen-bond donors (Lipinski definition) is 0. The van der Waals surface area contributed by atoms with Crippen molar-refractivity contribution in [2.45, 2.75) is 39.8 Å². The van der Waals surface area contributed by atoms with Crippen LogP contribution in [0.25, 0.3) is 0 Å². The van der Waals surface area contributed by atoms with E-state index >= 15 is 0 Å². The highest BCUT2D eigenvalue weighted by Gasteiger charge is 2.40. The van der Waals surface area contributed by atoms with Crippen molar-refractivity contribution >= 4 is 5.97 Å². The molecule has 17 heavy (non-hydrogen) atoms. The van der Waals surface area contributed by atoms with Crippen molar-refractivity contribution in [2.24, 2.45) is 0 Å². The lowest BCUT2D eigenvalue weighted by Gasteiger charge is -2.05. The predicted octanol–water partition coefficient (Wildman–Crippen LogP) is 3.78. The van der Waals surface area contributed by atoms with Crippen molar-refractivity contribution in [3.8, 4) is 0 Å². The SMILES string of the molecule is CC(C)=CCC/C(C)=C/COC(=O)C(F)(F)F. The molecule has 0 bridgehead atoms. The fourth-order valence-electron chi connectivity index (χ4n) is 1.03. The summed E-state index contributed by atoms with van der Waals surface area (Å²) >= 11 is 0. The fraction of sp³-hybridized carbons (Fsp3) is 0.583. The molecule has 0 aliphatic carbocycles. The quantitative estimate of drug-likeness (QED) is 0.548. The van der Waals surface area contributed by atoms with E-state index in [0.29, 0.717) is 0 Å². The second kappa shape index (κ2) is 7.14. The summed E-state index contributed by atoms with van der Waals surface area (Å²) in [6.07, 6.45) is 0.192. The molecule has 98 valence electrons. The summed E-state index contributed by atoms with van der Waals surface area (Å²) in [5.74, 6) is -2.15. The zero-order valence-corrected chi connectivity index (χ0v) is 10.2. The summed E-state index contributed by atoms with van der Waals surface area (Å²) in [6.45, 7) is 5.41. The molecule has 0 rings (SSSR count). The molecule has 0 saturated heterocycles. The molecule has 0 spiro atoms. The number of ether oxygens (including phenoxy) is 1. The average Bonchev–Trinajstić information content (AvgIpc) is 2.15. The number of carbonyl (C=O) groups excluding carboxylic acids is 1. The Balaban J connectivity index is 3.93. The highest BCUT2D eigenvalue weighted by Crippen LogP contribution is 2.16. The third-order valence-corrected chi connectivity index (χ3v) is 1.97. The van der Waals surface area contributed by atoms with Gasteiger partial charge in [0.25, 0.3) is 0 Å². The Morgan fingerprint density at radius 1 is 1.18 bits per heavy atom. The smallest absolute Gasteiger partial charge is 0.455 e. The monoisotopic (exact) mass is 250 g/mol. The van der Waals surface area contributed by atoms with Gasteiger partial charge < -0.3 is 4.74 Å². The molecule has 0 aromatic carbocycles. The lowest BCUT2D eigenvalue weighted by atomic mass is 10.1. The first kappa shape index (κ1) is 15.7. The van der Waals surface area contributed by atoms with E-state index in [4.69, 9.17) is 0 Å². The Bertz CT molecular complexity index is 310. The van der Waals surface area contributed by atoms with Crippen molar-refractivity contribution < 1.29 is 22.7 Å². The van der Waals surface area contributed by atoms with Crippen LogP contribution in [0.3, 0.4) is 0 Å². The molecule has 5 heteroatoms. The third kappa shape index (κ3) is 8.54. The van der Waals surface area contributed by atoms with Gasteiger partial charge >= 0.3 is 12.1 Å². The van der Waals surface area contributed by atoms with Gasteiger partial charge in [0, 0.05) is 0 Å². The van der Waals surface area contributed by atoms with Crippen molar-refractivity contribution in [2.75, 3.05) is 6.61 Å². The van der Waals surface area contributed by atoms with Gasteiger partial charge in [-0.3, -0.25) is 0 Å². The normalized spacial score (nSPS) is 12.2. The van der Waals surface area contributed by atoms with Crippen molar-refractivity contribution in [1.29, 1.82) is 0 Å². The Labute approximate surface area is 99.1 Å². The zero-order chi connectivity index (χ0) is 13.5. The maximum Gasteiger partial charge on any atom is 0.490 e. The number of allylic oxidation sites excluding steroid dienone is 3. The highest BCUT2D eigenvalue weighted by atomic mass is 19.4. The molecule has 2 nitrogen and oxygen atoms in total. The number of carbonyl (C=O) groups is 1. The van der Waals surface area contributed by atoms with Crippen LogP contribution in [-0.2, 0) is 9.53 Å². The van der Waals surface area contributed by atoms with Crippen molar-refractivity contribution in [1.82, 2.24) is 0 Å². The van der Waals surface area contributed by atoms with Gasteiger partial charge in [0.1, 0.15) is 6.61 Å². The van der Waals surface area contributed by atoms with E-state index in [9.17, 15) is 18.0 Å². The molecule has 0 fully saturated rings. The van der Waals surface area contributed by atoms with Crippen LogP contribution < -0.4 is 0 Å². The molecule has 0 aromatic rings. The van der Waals surface area contributed by atoms with Gasteiger partial charge in [0.05, 0.1) is 0 Å². The van der Waals surface area contributed by atoms with Crippen LogP contribution >= 0.6 is 0 Å². The van der Waals surface area contributed by atoms with Gasteiger partial charge in [0.15, 0.2) is 0 Å². The first-order valence-corrected chi connectivity index (χ1v) is 5.26.